The fraction of sp³-hybridized carbons (Fsp3) is 1.00. The van der Waals surface area contributed by atoms with E-state index in [9.17, 15) is 20.4 Å². The van der Waals surface area contributed by atoms with Crippen LogP contribution < -0.4 is 0 Å². The third-order valence-corrected chi connectivity index (χ3v) is 5.46. The van der Waals surface area contributed by atoms with Crippen LogP contribution in [-0.2, 0) is 17.1 Å². The van der Waals surface area contributed by atoms with Crippen molar-refractivity contribution in [2.75, 3.05) is 0 Å². The third-order valence-electron chi connectivity index (χ3n) is 5.46. The normalized spacial score (nSPS) is 11.6. The first-order chi connectivity index (χ1) is 14.2. The van der Waals surface area contributed by atoms with E-state index in [-0.39, 0.29) is 41.5 Å². The van der Waals surface area contributed by atoms with Crippen molar-refractivity contribution in [2.24, 2.45) is 47.3 Å². The molecule has 0 aromatic carbocycles. The van der Waals surface area contributed by atoms with Gasteiger partial charge in [0.2, 0.25) is 0 Å². The van der Waals surface area contributed by atoms with Crippen molar-refractivity contribution >= 4 is 0 Å². The molecule has 0 aromatic heterocycles. The van der Waals surface area contributed by atoms with Crippen LogP contribution in [0.25, 0.3) is 0 Å². The minimum absolute atomic E-state index is 0. The SMILES string of the molecule is CC(C)C(O)C(C)C.CC(C)C(O)C(C)C.CC(C)C(O)C(C)C.CC(C)C(O)C(C)C.[Cu]. The fourth-order valence-corrected chi connectivity index (χ4v) is 3.08. The van der Waals surface area contributed by atoms with Gasteiger partial charge in [0.1, 0.15) is 0 Å². The van der Waals surface area contributed by atoms with Crippen molar-refractivity contribution in [3.63, 3.8) is 0 Å². The summed E-state index contributed by atoms with van der Waals surface area (Å²) in [6, 6.07) is 0. The molecule has 0 spiro atoms. The van der Waals surface area contributed by atoms with Crippen LogP contribution in [0.3, 0.4) is 0 Å². The summed E-state index contributed by atoms with van der Waals surface area (Å²) in [5.74, 6) is 3.19. The molecule has 0 unspecified atom stereocenters. The van der Waals surface area contributed by atoms with Crippen molar-refractivity contribution in [3.05, 3.63) is 0 Å². The molecule has 5 heteroatoms. The van der Waals surface area contributed by atoms with E-state index in [1.807, 2.05) is 111 Å². The monoisotopic (exact) mass is 527 g/mol. The average molecular weight is 528 g/mol. The Kier molecular flexibility index (Phi) is 31.7. The molecule has 4 N–H and O–H groups in total. The van der Waals surface area contributed by atoms with Crippen LogP contribution in [0.4, 0.5) is 0 Å². The molecule has 0 amide bonds. The first-order valence-electron chi connectivity index (χ1n) is 12.9. The molecule has 33 heavy (non-hydrogen) atoms. The van der Waals surface area contributed by atoms with Crippen molar-refractivity contribution in [2.45, 2.75) is 135 Å². The van der Waals surface area contributed by atoms with Gasteiger partial charge in [-0.2, -0.15) is 0 Å². The molecular formula is C28H64CuO4. The van der Waals surface area contributed by atoms with E-state index in [2.05, 4.69) is 0 Å². The first kappa shape index (κ1) is 43.4. The van der Waals surface area contributed by atoms with E-state index in [0.29, 0.717) is 47.3 Å². The molecule has 211 valence electrons. The summed E-state index contributed by atoms with van der Waals surface area (Å²) in [5.41, 5.74) is 0. The molecule has 0 bridgehead atoms. The number of aliphatic hydroxyl groups is 4. The first-order valence-corrected chi connectivity index (χ1v) is 12.9. The van der Waals surface area contributed by atoms with Gasteiger partial charge < -0.3 is 20.4 Å². The van der Waals surface area contributed by atoms with Gasteiger partial charge in [-0.25, -0.2) is 0 Å². The van der Waals surface area contributed by atoms with E-state index < -0.39 is 0 Å². The van der Waals surface area contributed by atoms with Gasteiger partial charge in [-0.1, -0.05) is 111 Å². The number of aliphatic hydroxyl groups excluding tert-OH is 4. The Bertz CT molecular complexity index is 276. The number of rotatable bonds is 8. The topological polar surface area (TPSA) is 80.9 Å². The van der Waals surface area contributed by atoms with Gasteiger partial charge in [0, 0.05) is 17.1 Å². The van der Waals surface area contributed by atoms with E-state index in [4.69, 9.17) is 0 Å². The van der Waals surface area contributed by atoms with E-state index >= 15 is 0 Å². The molecule has 0 aliphatic carbocycles. The number of hydrogen-bond acceptors (Lipinski definition) is 4. The van der Waals surface area contributed by atoms with Gasteiger partial charge in [0.15, 0.2) is 0 Å². The van der Waals surface area contributed by atoms with Crippen molar-refractivity contribution in [1.29, 1.82) is 0 Å². The van der Waals surface area contributed by atoms with Gasteiger partial charge in [-0.3, -0.25) is 0 Å². The van der Waals surface area contributed by atoms with Crippen LogP contribution in [0.15, 0.2) is 0 Å². The molecule has 1 radical (unpaired) electrons. The van der Waals surface area contributed by atoms with Crippen LogP contribution in [0, 0.1) is 47.3 Å². The van der Waals surface area contributed by atoms with Crippen LogP contribution in [0.5, 0.6) is 0 Å². The largest absolute Gasteiger partial charge is 0.393 e. The Morgan fingerprint density at radius 1 is 0.242 bits per heavy atom. The maximum absolute atomic E-state index is 9.20. The Labute approximate surface area is 219 Å². The summed E-state index contributed by atoms with van der Waals surface area (Å²) in [5, 5.41) is 36.8. The van der Waals surface area contributed by atoms with E-state index in [1.165, 1.54) is 0 Å². The van der Waals surface area contributed by atoms with E-state index in [1.54, 1.807) is 0 Å². The van der Waals surface area contributed by atoms with Crippen LogP contribution >= 0.6 is 0 Å². The predicted octanol–water partition coefficient (Wildman–Crippen LogP) is 6.63. The molecule has 0 aliphatic heterocycles. The van der Waals surface area contributed by atoms with Gasteiger partial charge in [-0.15, -0.1) is 0 Å². The zero-order chi connectivity index (χ0) is 26.9. The second-order valence-electron chi connectivity index (χ2n) is 11.9. The van der Waals surface area contributed by atoms with Gasteiger partial charge in [-0.05, 0) is 47.3 Å². The summed E-state index contributed by atoms with van der Waals surface area (Å²) in [6.45, 7) is 32.5. The molecule has 4 nitrogen and oxygen atoms in total. The van der Waals surface area contributed by atoms with Crippen molar-refractivity contribution in [1.82, 2.24) is 0 Å². The van der Waals surface area contributed by atoms with Gasteiger partial charge in [0.05, 0.1) is 24.4 Å². The Morgan fingerprint density at radius 2 is 0.303 bits per heavy atom. The van der Waals surface area contributed by atoms with Crippen molar-refractivity contribution < 1.29 is 37.5 Å². The summed E-state index contributed by atoms with van der Waals surface area (Å²) in [7, 11) is 0. The zero-order valence-corrected chi connectivity index (χ0v) is 26.0. The molecule has 0 fully saturated rings. The minimum atomic E-state index is -0.130. The van der Waals surface area contributed by atoms with E-state index in [0.717, 1.165) is 0 Å². The molecule has 0 saturated carbocycles. The summed E-state index contributed by atoms with van der Waals surface area (Å²) in [4.78, 5) is 0. The molecule has 0 atom stereocenters. The molecule has 0 aromatic rings. The zero-order valence-electron chi connectivity index (χ0n) is 25.0. The quantitative estimate of drug-likeness (QED) is 0.267. The second kappa shape index (κ2) is 24.1. The molecule has 0 aliphatic rings. The fourth-order valence-electron chi connectivity index (χ4n) is 3.08. The summed E-state index contributed by atoms with van der Waals surface area (Å²) < 4.78 is 0. The van der Waals surface area contributed by atoms with Gasteiger partial charge >= 0.3 is 0 Å². The summed E-state index contributed by atoms with van der Waals surface area (Å²) in [6.07, 6.45) is -0.519. The molecule has 0 rings (SSSR count). The second-order valence-corrected chi connectivity index (χ2v) is 11.9. The standard InChI is InChI=1S/4C7H16O.Cu/c4*1-5(2)7(8)6(3)4;/h4*5-8H,1-4H3;. The summed E-state index contributed by atoms with van der Waals surface area (Å²) >= 11 is 0. The number of hydrogen-bond donors (Lipinski definition) is 4. The smallest absolute Gasteiger partial charge is 0.0586 e. The Morgan fingerprint density at radius 3 is 0.303 bits per heavy atom. The Balaban J connectivity index is -0.000000105. The molecule has 0 saturated heterocycles. The van der Waals surface area contributed by atoms with Crippen molar-refractivity contribution in [3.8, 4) is 0 Å². The van der Waals surface area contributed by atoms with Gasteiger partial charge in [0.25, 0.3) is 0 Å². The van der Waals surface area contributed by atoms with Crippen LogP contribution in [0.2, 0.25) is 0 Å². The molecular weight excluding hydrogens is 464 g/mol. The maximum atomic E-state index is 9.20. The Hall–Kier alpha value is 0.359. The average Bonchev–Trinajstić information content (AvgIpc) is 2.65. The van der Waals surface area contributed by atoms with Crippen LogP contribution in [0.1, 0.15) is 111 Å². The predicted molar refractivity (Wildman–Crippen MR) is 143 cm³/mol. The third kappa shape index (κ3) is 28.5. The van der Waals surface area contributed by atoms with Crippen LogP contribution in [-0.4, -0.2) is 44.8 Å². The molecule has 0 heterocycles. The maximum Gasteiger partial charge on any atom is 0.0586 e. The minimum Gasteiger partial charge on any atom is -0.393 e.